The van der Waals surface area contributed by atoms with E-state index in [1.165, 1.54) is 0 Å². The van der Waals surface area contributed by atoms with E-state index in [0.29, 0.717) is 61.8 Å². The van der Waals surface area contributed by atoms with Crippen LogP contribution in [0.15, 0.2) is 64.2 Å². The van der Waals surface area contributed by atoms with E-state index in [2.05, 4.69) is 41.9 Å². The average Bonchev–Trinajstić information content (AvgIpc) is 3.37. The number of benzene rings is 3. The van der Waals surface area contributed by atoms with Crippen LogP contribution in [0.2, 0.25) is 10.0 Å². The van der Waals surface area contributed by atoms with E-state index in [0.717, 1.165) is 16.7 Å². The van der Waals surface area contributed by atoms with Crippen molar-refractivity contribution in [2.75, 3.05) is 23.7 Å². The van der Waals surface area contributed by atoms with Gasteiger partial charge in [-0.15, -0.1) is 0 Å². The molecule has 0 radical (unpaired) electrons. The van der Waals surface area contributed by atoms with Crippen LogP contribution < -0.4 is 16.0 Å². The number of guanidine groups is 1. The Labute approximate surface area is 224 Å². The van der Waals surface area contributed by atoms with Crippen LogP contribution in [0, 0.1) is 0 Å². The van der Waals surface area contributed by atoms with Gasteiger partial charge in [0.15, 0.2) is 5.96 Å². The number of aliphatic imine (C=N–C) groups is 1. The van der Waals surface area contributed by atoms with E-state index in [1.807, 2.05) is 24.3 Å². The van der Waals surface area contributed by atoms with Gasteiger partial charge in [-0.05, 0) is 51.8 Å². The van der Waals surface area contributed by atoms with Gasteiger partial charge in [0.05, 0.1) is 56.3 Å². The standard InChI is InChI=1S/C25H19BrCl2N6O2/c26-22-18(34-25-29-9-10-30-25)7-8-19-24(22)33-20(12-31-19)13-3-1-6-17(14(13)11-21(35)36)32-23-15(27)4-2-5-16(23)28/h1-8,12,32H,9-11H2,(H,35,36)(H2,29,30,34). The number of carbonyl (C=O) groups is 1. The van der Waals surface area contributed by atoms with Crippen molar-refractivity contribution in [3.8, 4) is 11.3 Å². The molecule has 8 nitrogen and oxygen atoms in total. The summed E-state index contributed by atoms with van der Waals surface area (Å²) >= 11 is 16.3. The van der Waals surface area contributed by atoms with Crippen molar-refractivity contribution >= 4 is 79.2 Å². The van der Waals surface area contributed by atoms with E-state index < -0.39 is 5.97 Å². The first kappa shape index (κ1) is 24.3. The van der Waals surface area contributed by atoms with Gasteiger partial charge in [-0.25, -0.2) is 4.98 Å². The number of para-hydroxylation sites is 1. The minimum atomic E-state index is -0.984. The summed E-state index contributed by atoms with van der Waals surface area (Å²) in [5.41, 5.74) is 4.86. The zero-order chi connectivity index (χ0) is 25.2. The van der Waals surface area contributed by atoms with Crippen LogP contribution in [0.1, 0.15) is 5.56 Å². The molecule has 3 aromatic carbocycles. The second-order valence-corrected chi connectivity index (χ2v) is 9.56. The molecule has 0 saturated carbocycles. The first-order valence-corrected chi connectivity index (χ1v) is 12.5. The maximum Gasteiger partial charge on any atom is 0.307 e. The van der Waals surface area contributed by atoms with Gasteiger partial charge in [-0.3, -0.25) is 14.8 Å². The third kappa shape index (κ3) is 4.95. The molecule has 5 rings (SSSR count). The molecule has 0 atom stereocenters. The lowest BCUT2D eigenvalue weighted by Gasteiger charge is -2.17. The molecule has 1 aromatic heterocycles. The number of halogens is 3. The lowest BCUT2D eigenvalue weighted by Crippen LogP contribution is -2.26. The fraction of sp³-hybridized carbons (Fsp3) is 0.120. The van der Waals surface area contributed by atoms with Gasteiger partial charge < -0.3 is 21.1 Å². The Morgan fingerprint density at radius 2 is 1.83 bits per heavy atom. The summed E-state index contributed by atoms with van der Waals surface area (Å²) in [5.74, 6) is -0.290. The smallest absolute Gasteiger partial charge is 0.307 e. The molecule has 11 heteroatoms. The molecule has 182 valence electrons. The highest BCUT2D eigenvalue weighted by Gasteiger charge is 2.18. The summed E-state index contributed by atoms with van der Waals surface area (Å²) in [7, 11) is 0. The first-order chi connectivity index (χ1) is 17.4. The highest BCUT2D eigenvalue weighted by Crippen LogP contribution is 2.37. The van der Waals surface area contributed by atoms with E-state index in [-0.39, 0.29) is 6.42 Å². The minimum absolute atomic E-state index is 0.242. The molecule has 2 heterocycles. The van der Waals surface area contributed by atoms with Crippen LogP contribution in [-0.2, 0) is 11.2 Å². The Morgan fingerprint density at radius 1 is 1.06 bits per heavy atom. The summed E-state index contributed by atoms with van der Waals surface area (Å²) in [6.45, 7) is 1.50. The van der Waals surface area contributed by atoms with Gasteiger partial charge in [0, 0.05) is 17.8 Å². The molecule has 1 aliphatic rings. The van der Waals surface area contributed by atoms with Gasteiger partial charge in [0.1, 0.15) is 5.52 Å². The van der Waals surface area contributed by atoms with Crippen LogP contribution >= 0.6 is 39.1 Å². The number of fused-ring (bicyclic) bond motifs is 1. The Morgan fingerprint density at radius 3 is 2.56 bits per heavy atom. The minimum Gasteiger partial charge on any atom is -0.481 e. The molecule has 36 heavy (non-hydrogen) atoms. The Hall–Kier alpha value is -3.40. The summed E-state index contributed by atoms with van der Waals surface area (Å²) in [4.78, 5) is 25.6. The van der Waals surface area contributed by atoms with Crippen molar-refractivity contribution in [3.63, 3.8) is 0 Å². The quantitative estimate of drug-likeness (QED) is 0.216. The molecule has 0 unspecified atom stereocenters. The summed E-state index contributed by atoms with van der Waals surface area (Å²) in [6, 6.07) is 14.3. The SMILES string of the molecule is O=C(O)Cc1c(Nc2c(Cl)cccc2Cl)cccc1-c1cnc2ccc(NC3=NCCN3)c(Br)c2n1. The van der Waals surface area contributed by atoms with Crippen molar-refractivity contribution in [1.82, 2.24) is 15.3 Å². The highest BCUT2D eigenvalue weighted by molar-refractivity contribution is 9.10. The Bertz CT molecular complexity index is 1510. The van der Waals surface area contributed by atoms with Gasteiger partial charge in [-0.1, -0.05) is 41.4 Å². The molecule has 4 aromatic rings. The van der Waals surface area contributed by atoms with Gasteiger partial charge in [0.25, 0.3) is 0 Å². The normalized spacial score (nSPS) is 12.8. The van der Waals surface area contributed by atoms with Gasteiger partial charge in [-0.2, -0.15) is 0 Å². The number of nitrogens with zero attached hydrogens (tertiary/aromatic N) is 3. The lowest BCUT2D eigenvalue weighted by atomic mass is 9.99. The topological polar surface area (TPSA) is 112 Å². The van der Waals surface area contributed by atoms with E-state index in [9.17, 15) is 9.90 Å². The Balaban J connectivity index is 1.60. The number of aromatic nitrogens is 2. The fourth-order valence-electron chi connectivity index (χ4n) is 3.92. The number of aliphatic carboxylic acids is 1. The van der Waals surface area contributed by atoms with Crippen LogP contribution in [-0.4, -0.2) is 40.1 Å². The molecule has 0 bridgehead atoms. The van der Waals surface area contributed by atoms with Gasteiger partial charge in [0.2, 0.25) is 0 Å². The van der Waals surface area contributed by atoms with Crippen molar-refractivity contribution in [3.05, 3.63) is 74.8 Å². The van der Waals surface area contributed by atoms with E-state index in [1.54, 1.807) is 30.5 Å². The van der Waals surface area contributed by atoms with Crippen molar-refractivity contribution in [2.45, 2.75) is 6.42 Å². The van der Waals surface area contributed by atoms with Crippen LogP contribution in [0.5, 0.6) is 0 Å². The lowest BCUT2D eigenvalue weighted by molar-refractivity contribution is -0.136. The second kappa shape index (κ2) is 10.3. The fourth-order valence-corrected chi connectivity index (χ4v) is 4.93. The van der Waals surface area contributed by atoms with Gasteiger partial charge >= 0.3 is 5.97 Å². The Kier molecular flexibility index (Phi) is 6.95. The number of anilines is 3. The van der Waals surface area contributed by atoms with Crippen LogP contribution in [0.25, 0.3) is 22.3 Å². The van der Waals surface area contributed by atoms with Crippen LogP contribution in [0.3, 0.4) is 0 Å². The monoisotopic (exact) mass is 584 g/mol. The maximum absolute atomic E-state index is 11.8. The third-order valence-corrected chi connectivity index (χ3v) is 7.02. The molecule has 0 spiro atoms. The second-order valence-electron chi connectivity index (χ2n) is 7.96. The number of hydrogen-bond acceptors (Lipinski definition) is 7. The number of hydrogen-bond donors (Lipinski definition) is 4. The third-order valence-electron chi connectivity index (χ3n) is 5.58. The summed E-state index contributed by atoms with van der Waals surface area (Å²) < 4.78 is 0.725. The molecule has 0 fully saturated rings. The summed E-state index contributed by atoms with van der Waals surface area (Å²) in [5, 5.41) is 20.2. The predicted molar refractivity (Wildman–Crippen MR) is 148 cm³/mol. The molecule has 4 N–H and O–H groups in total. The molecule has 0 saturated heterocycles. The maximum atomic E-state index is 11.8. The van der Waals surface area contributed by atoms with Crippen molar-refractivity contribution in [2.24, 2.45) is 4.99 Å². The number of nitrogens with one attached hydrogen (secondary N) is 3. The van der Waals surface area contributed by atoms with E-state index >= 15 is 0 Å². The molecule has 1 aliphatic heterocycles. The van der Waals surface area contributed by atoms with Crippen LogP contribution in [0.4, 0.5) is 17.1 Å². The largest absolute Gasteiger partial charge is 0.481 e. The molecular formula is C25H19BrCl2N6O2. The molecule has 0 amide bonds. The zero-order valence-electron chi connectivity index (χ0n) is 18.6. The summed E-state index contributed by atoms with van der Waals surface area (Å²) in [6.07, 6.45) is 1.39. The highest BCUT2D eigenvalue weighted by atomic mass is 79.9. The van der Waals surface area contributed by atoms with E-state index in [4.69, 9.17) is 28.2 Å². The van der Waals surface area contributed by atoms with Crippen molar-refractivity contribution < 1.29 is 9.90 Å². The number of carboxylic acid groups (broad SMARTS) is 1. The zero-order valence-corrected chi connectivity index (χ0v) is 21.7. The molecular weight excluding hydrogens is 567 g/mol. The molecule has 0 aliphatic carbocycles. The predicted octanol–water partition coefficient (Wildman–Crippen LogP) is 6.11. The number of carboxylic acids is 1. The van der Waals surface area contributed by atoms with Crippen molar-refractivity contribution in [1.29, 1.82) is 0 Å². The number of rotatable bonds is 6. The first-order valence-electron chi connectivity index (χ1n) is 11.0. The average molecular weight is 586 g/mol.